The number of benzene rings is 2. The molecule has 27 heavy (non-hydrogen) atoms. The molecule has 0 aliphatic heterocycles. The molecule has 6 heteroatoms. The van der Waals surface area contributed by atoms with Crippen molar-refractivity contribution in [2.45, 2.75) is 26.3 Å². The van der Waals surface area contributed by atoms with Crippen molar-refractivity contribution in [3.05, 3.63) is 59.4 Å². The number of hydrogen-bond acceptors (Lipinski definition) is 4. The van der Waals surface area contributed by atoms with Crippen molar-refractivity contribution in [3.63, 3.8) is 0 Å². The summed E-state index contributed by atoms with van der Waals surface area (Å²) in [6, 6.07) is 12.2. The molecule has 0 bridgehead atoms. The summed E-state index contributed by atoms with van der Waals surface area (Å²) in [5.74, 6) is 1.00. The first-order valence-corrected chi connectivity index (χ1v) is 9.06. The minimum atomic E-state index is -0.222. The van der Waals surface area contributed by atoms with Crippen LogP contribution in [0.1, 0.15) is 30.9 Å². The van der Waals surface area contributed by atoms with E-state index in [9.17, 15) is 9.18 Å². The molecule has 0 spiro atoms. The minimum absolute atomic E-state index is 0.0447. The molecule has 0 saturated heterocycles. The molecule has 1 atom stereocenters. The van der Waals surface area contributed by atoms with Crippen molar-refractivity contribution < 1.29 is 18.7 Å². The summed E-state index contributed by atoms with van der Waals surface area (Å²) >= 11 is 0. The third-order valence-corrected chi connectivity index (χ3v) is 4.18. The van der Waals surface area contributed by atoms with Crippen LogP contribution in [-0.4, -0.2) is 32.7 Å². The fourth-order valence-corrected chi connectivity index (χ4v) is 2.67. The van der Waals surface area contributed by atoms with Gasteiger partial charge in [-0.05, 0) is 48.2 Å². The molecular weight excluding hydrogens is 347 g/mol. The molecule has 0 aliphatic carbocycles. The third kappa shape index (κ3) is 6.57. The third-order valence-electron chi connectivity index (χ3n) is 4.18. The van der Waals surface area contributed by atoms with E-state index in [4.69, 9.17) is 9.47 Å². The number of rotatable bonds is 10. The molecule has 2 rings (SSSR count). The molecule has 2 N–H and O–H groups in total. The van der Waals surface area contributed by atoms with Crippen LogP contribution >= 0.6 is 0 Å². The molecule has 2 aromatic rings. The molecule has 2 aromatic carbocycles. The molecule has 0 fully saturated rings. The van der Waals surface area contributed by atoms with Crippen LogP contribution in [0.3, 0.4) is 0 Å². The van der Waals surface area contributed by atoms with Crippen LogP contribution in [0.5, 0.6) is 11.5 Å². The van der Waals surface area contributed by atoms with E-state index in [2.05, 4.69) is 17.6 Å². The molecule has 0 aromatic heterocycles. The highest BCUT2D eigenvalue weighted by Gasteiger charge is 2.09. The van der Waals surface area contributed by atoms with Gasteiger partial charge in [0.15, 0.2) is 18.1 Å². The fraction of sp³-hybridized carbons (Fsp3) is 0.381. The smallest absolute Gasteiger partial charge is 0.257 e. The van der Waals surface area contributed by atoms with Crippen LogP contribution in [-0.2, 0) is 11.3 Å². The van der Waals surface area contributed by atoms with E-state index in [0.29, 0.717) is 24.6 Å². The molecule has 5 nitrogen and oxygen atoms in total. The van der Waals surface area contributed by atoms with Gasteiger partial charge in [0.25, 0.3) is 5.91 Å². The number of amides is 1. The quantitative estimate of drug-likeness (QED) is 0.670. The van der Waals surface area contributed by atoms with Gasteiger partial charge in [-0.1, -0.05) is 25.1 Å². The summed E-state index contributed by atoms with van der Waals surface area (Å²) in [5, 5.41) is 6.08. The van der Waals surface area contributed by atoms with Crippen LogP contribution in [0.25, 0.3) is 0 Å². The number of nitrogens with one attached hydrogen (secondary N) is 2. The van der Waals surface area contributed by atoms with E-state index >= 15 is 0 Å². The Bertz CT molecular complexity index is 735. The molecule has 0 heterocycles. The average Bonchev–Trinajstić information content (AvgIpc) is 2.67. The Morgan fingerprint density at radius 3 is 2.56 bits per heavy atom. The van der Waals surface area contributed by atoms with Crippen molar-refractivity contribution in [1.82, 2.24) is 10.6 Å². The molecular formula is C21H27FN2O3. The Balaban J connectivity index is 1.87. The summed E-state index contributed by atoms with van der Waals surface area (Å²) in [5.41, 5.74) is 2.14. The maximum absolute atomic E-state index is 13.0. The summed E-state index contributed by atoms with van der Waals surface area (Å²) in [4.78, 5) is 11.5. The standard InChI is InChI=1S/C21H27FN2O3/c1-4-24-21(25)14-27-19-10-5-16(11-20(19)26-3)13-23-12-15(2)17-6-8-18(22)9-7-17/h5-11,15,23H,4,12-14H2,1-3H3,(H,24,25). The zero-order valence-corrected chi connectivity index (χ0v) is 16.0. The van der Waals surface area contributed by atoms with Crippen molar-refractivity contribution >= 4 is 5.91 Å². The predicted octanol–water partition coefficient (Wildman–Crippen LogP) is 3.24. The lowest BCUT2D eigenvalue weighted by Crippen LogP contribution is -2.28. The number of carbonyl (C=O) groups excluding carboxylic acids is 1. The summed E-state index contributed by atoms with van der Waals surface area (Å²) in [7, 11) is 1.57. The topological polar surface area (TPSA) is 59.6 Å². The average molecular weight is 374 g/mol. The van der Waals surface area contributed by atoms with Gasteiger partial charge in [0, 0.05) is 19.6 Å². The van der Waals surface area contributed by atoms with Gasteiger partial charge in [-0.15, -0.1) is 0 Å². The van der Waals surface area contributed by atoms with Crippen LogP contribution in [0, 0.1) is 5.82 Å². The monoisotopic (exact) mass is 374 g/mol. The molecule has 146 valence electrons. The zero-order valence-electron chi connectivity index (χ0n) is 16.0. The summed E-state index contributed by atoms with van der Waals surface area (Å²) < 4.78 is 23.9. The van der Waals surface area contributed by atoms with E-state index in [0.717, 1.165) is 17.7 Å². The second-order valence-corrected chi connectivity index (χ2v) is 6.31. The van der Waals surface area contributed by atoms with Crippen molar-refractivity contribution in [2.24, 2.45) is 0 Å². The number of ether oxygens (including phenoxy) is 2. The molecule has 1 amide bonds. The lowest BCUT2D eigenvalue weighted by atomic mass is 10.0. The van der Waals surface area contributed by atoms with Crippen molar-refractivity contribution in [1.29, 1.82) is 0 Å². The number of halogens is 1. The normalized spacial score (nSPS) is 11.7. The highest BCUT2D eigenvalue weighted by atomic mass is 19.1. The van der Waals surface area contributed by atoms with E-state index in [-0.39, 0.29) is 24.2 Å². The van der Waals surface area contributed by atoms with Crippen LogP contribution < -0.4 is 20.1 Å². The highest BCUT2D eigenvalue weighted by Crippen LogP contribution is 2.28. The van der Waals surface area contributed by atoms with E-state index in [1.54, 1.807) is 13.2 Å². The predicted molar refractivity (Wildman–Crippen MR) is 104 cm³/mol. The van der Waals surface area contributed by atoms with Gasteiger partial charge in [-0.2, -0.15) is 0 Å². The zero-order chi connectivity index (χ0) is 19.6. The molecule has 0 radical (unpaired) electrons. The lowest BCUT2D eigenvalue weighted by molar-refractivity contribution is -0.123. The van der Waals surface area contributed by atoms with Gasteiger partial charge in [-0.25, -0.2) is 4.39 Å². The second kappa shape index (κ2) is 10.5. The SMILES string of the molecule is CCNC(=O)COc1ccc(CNCC(C)c2ccc(F)cc2)cc1OC. The van der Waals surface area contributed by atoms with Crippen molar-refractivity contribution in [3.8, 4) is 11.5 Å². The summed E-state index contributed by atoms with van der Waals surface area (Å²) in [6.45, 7) is 5.91. The molecule has 1 unspecified atom stereocenters. The summed E-state index contributed by atoms with van der Waals surface area (Å²) in [6.07, 6.45) is 0. The molecule has 0 saturated carbocycles. The van der Waals surface area contributed by atoms with Gasteiger partial charge in [-0.3, -0.25) is 4.79 Å². The Morgan fingerprint density at radius 1 is 1.15 bits per heavy atom. The largest absolute Gasteiger partial charge is 0.493 e. The van der Waals surface area contributed by atoms with Gasteiger partial charge < -0.3 is 20.1 Å². The first-order valence-electron chi connectivity index (χ1n) is 9.06. The van der Waals surface area contributed by atoms with Gasteiger partial charge in [0.05, 0.1) is 7.11 Å². The van der Waals surface area contributed by atoms with E-state index < -0.39 is 0 Å². The van der Waals surface area contributed by atoms with Gasteiger partial charge in [0.2, 0.25) is 0 Å². The van der Waals surface area contributed by atoms with Gasteiger partial charge in [0.1, 0.15) is 5.82 Å². The minimum Gasteiger partial charge on any atom is -0.493 e. The number of likely N-dealkylation sites (N-methyl/N-ethyl adjacent to an activating group) is 1. The maximum atomic E-state index is 13.0. The Hall–Kier alpha value is -2.60. The highest BCUT2D eigenvalue weighted by molar-refractivity contribution is 5.77. The number of methoxy groups -OCH3 is 1. The Kier molecular flexibility index (Phi) is 8.07. The molecule has 0 aliphatic rings. The number of hydrogen-bond donors (Lipinski definition) is 2. The maximum Gasteiger partial charge on any atom is 0.257 e. The number of carbonyl (C=O) groups is 1. The van der Waals surface area contributed by atoms with Crippen LogP contribution in [0.15, 0.2) is 42.5 Å². The Morgan fingerprint density at radius 2 is 1.89 bits per heavy atom. The van der Waals surface area contributed by atoms with Gasteiger partial charge >= 0.3 is 0 Å². The van der Waals surface area contributed by atoms with Crippen molar-refractivity contribution in [2.75, 3.05) is 26.8 Å². The first kappa shape index (κ1) is 20.7. The van der Waals surface area contributed by atoms with Crippen LogP contribution in [0.4, 0.5) is 4.39 Å². The first-order chi connectivity index (χ1) is 13.0. The lowest BCUT2D eigenvalue weighted by Gasteiger charge is -2.15. The van der Waals surface area contributed by atoms with Crippen LogP contribution in [0.2, 0.25) is 0 Å². The Labute approximate surface area is 159 Å². The second-order valence-electron chi connectivity index (χ2n) is 6.31. The fourth-order valence-electron chi connectivity index (χ4n) is 2.67. The van der Waals surface area contributed by atoms with E-state index in [1.807, 2.05) is 31.2 Å². The van der Waals surface area contributed by atoms with E-state index in [1.165, 1.54) is 12.1 Å².